The normalized spacial score (nSPS) is 19.4. The van der Waals surface area contributed by atoms with Crippen LogP contribution in [0.1, 0.15) is 46.7 Å². The van der Waals surface area contributed by atoms with Crippen molar-refractivity contribution in [3.05, 3.63) is 108 Å². The van der Waals surface area contributed by atoms with Gasteiger partial charge in [-0.05, 0) is 62.1 Å². The lowest BCUT2D eigenvalue weighted by atomic mass is 9.90. The van der Waals surface area contributed by atoms with Crippen molar-refractivity contribution in [2.24, 2.45) is 0 Å². The predicted octanol–water partition coefficient (Wildman–Crippen LogP) is 4.82. The van der Waals surface area contributed by atoms with Crippen LogP contribution >= 0.6 is 0 Å². The van der Waals surface area contributed by atoms with Gasteiger partial charge in [0.2, 0.25) is 15.9 Å². The molecule has 4 aromatic carbocycles. The Hall–Kier alpha value is -4.05. The van der Waals surface area contributed by atoms with Gasteiger partial charge in [0.05, 0.1) is 10.9 Å². The summed E-state index contributed by atoms with van der Waals surface area (Å²) in [7, 11) is -3.87. The van der Waals surface area contributed by atoms with Crippen molar-refractivity contribution in [1.29, 1.82) is 0 Å². The lowest BCUT2D eigenvalue weighted by Gasteiger charge is -2.35. The van der Waals surface area contributed by atoms with Crippen LogP contribution in [0, 0.1) is 6.92 Å². The number of hydrogen-bond acceptors (Lipinski definition) is 5. The van der Waals surface area contributed by atoms with Crippen LogP contribution in [-0.4, -0.2) is 56.9 Å². The molecule has 0 bridgehead atoms. The summed E-state index contributed by atoms with van der Waals surface area (Å²) in [6.45, 7) is 3.67. The minimum Gasteiger partial charge on any atom is -0.341 e. The summed E-state index contributed by atoms with van der Waals surface area (Å²) >= 11 is 0. The van der Waals surface area contributed by atoms with E-state index in [2.05, 4.69) is 27.5 Å². The Kier molecular flexibility index (Phi) is 8.30. The first-order valence-electron chi connectivity index (χ1n) is 14.8. The first-order chi connectivity index (χ1) is 20.8. The van der Waals surface area contributed by atoms with Gasteiger partial charge in [0.1, 0.15) is 0 Å². The first-order valence-corrected chi connectivity index (χ1v) is 16.3. The van der Waals surface area contributed by atoms with Crippen LogP contribution in [0.25, 0.3) is 10.8 Å². The largest absolute Gasteiger partial charge is 0.341 e. The van der Waals surface area contributed by atoms with Gasteiger partial charge in [-0.3, -0.25) is 9.59 Å². The maximum absolute atomic E-state index is 13.6. The molecule has 0 radical (unpaired) electrons. The summed E-state index contributed by atoms with van der Waals surface area (Å²) in [4.78, 5) is 28.5. The van der Waals surface area contributed by atoms with Crippen molar-refractivity contribution in [3.63, 3.8) is 0 Å². The zero-order chi connectivity index (χ0) is 30.0. The lowest BCUT2D eigenvalue weighted by molar-refractivity contribution is -0.134. The minimum atomic E-state index is -3.87. The summed E-state index contributed by atoms with van der Waals surface area (Å²) in [5.74, 6) is -0.0224. The van der Waals surface area contributed by atoms with Crippen LogP contribution in [0.5, 0.6) is 0 Å². The predicted molar refractivity (Wildman–Crippen MR) is 169 cm³/mol. The quantitative estimate of drug-likeness (QED) is 0.284. The zero-order valence-electron chi connectivity index (χ0n) is 24.1. The Balaban J connectivity index is 1.13. The van der Waals surface area contributed by atoms with Crippen molar-refractivity contribution < 1.29 is 18.0 Å². The van der Waals surface area contributed by atoms with Crippen LogP contribution in [-0.2, 0) is 14.8 Å². The zero-order valence-corrected chi connectivity index (χ0v) is 24.9. The standard InChI is InChI=1S/C34H36N4O4S/c1-23-9-5-6-12-26(23)33(39)36-30-15-7-14-29-28(30)13-8-16-31(29)43(41,42)37-25-18-21-38(22-19-25)34(40)32-27(17-20-35-32)24-10-3-2-4-11-24/h2-16,25,27,32,35,37H,17-22H2,1H3,(H,36,39)/t27-,32+/m1/s1. The van der Waals surface area contributed by atoms with E-state index in [4.69, 9.17) is 0 Å². The fourth-order valence-electron chi connectivity index (χ4n) is 6.36. The number of carbonyl (C=O) groups excluding carboxylic acids is 2. The monoisotopic (exact) mass is 596 g/mol. The minimum absolute atomic E-state index is 0.0852. The molecular formula is C34H36N4O4S. The Bertz CT molecular complexity index is 1750. The Morgan fingerprint density at radius 2 is 1.51 bits per heavy atom. The van der Waals surface area contributed by atoms with Gasteiger partial charge in [0.25, 0.3) is 5.91 Å². The van der Waals surface area contributed by atoms with E-state index in [9.17, 15) is 18.0 Å². The van der Waals surface area contributed by atoms with E-state index < -0.39 is 10.0 Å². The third-order valence-electron chi connectivity index (χ3n) is 8.65. The number of fused-ring (bicyclic) bond motifs is 1. The molecule has 0 saturated carbocycles. The fourth-order valence-corrected chi connectivity index (χ4v) is 7.89. The molecular weight excluding hydrogens is 560 g/mol. The van der Waals surface area contributed by atoms with Crippen LogP contribution in [0.3, 0.4) is 0 Å². The van der Waals surface area contributed by atoms with Crippen molar-refractivity contribution in [2.75, 3.05) is 25.0 Å². The van der Waals surface area contributed by atoms with Gasteiger partial charge in [0, 0.05) is 47.1 Å². The number of piperidine rings is 1. The second-order valence-corrected chi connectivity index (χ2v) is 13.1. The number of carbonyl (C=O) groups is 2. The SMILES string of the molecule is Cc1ccccc1C(=O)Nc1cccc2c(S(=O)(=O)NC3CCN(C(=O)[C@H]4NCC[C@@H]4c4ccccc4)CC3)cccc12. The van der Waals surface area contributed by atoms with E-state index in [1.165, 1.54) is 5.56 Å². The number of benzene rings is 4. The second-order valence-electron chi connectivity index (χ2n) is 11.4. The van der Waals surface area contributed by atoms with Crippen LogP contribution < -0.4 is 15.4 Å². The van der Waals surface area contributed by atoms with E-state index in [1.54, 1.807) is 36.4 Å². The molecule has 0 aromatic heterocycles. The molecule has 8 nitrogen and oxygen atoms in total. The molecule has 3 N–H and O–H groups in total. The number of likely N-dealkylation sites (tertiary alicyclic amines) is 1. The number of aryl methyl sites for hydroxylation is 1. The molecule has 4 aromatic rings. The highest BCUT2D eigenvalue weighted by Gasteiger charge is 2.37. The molecule has 2 fully saturated rings. The van der Waals surface area contributed by atoms with Gasteiger partial charge in [-0.1, -0.05) is 72.8 Å². The number of anilines is 1. The maximum Gasteiger partial charge on any atom is 0.255 e. The molecule has 43 heavy (non-hydrogen) atoms. The van der Waals surface area contributed by atoms with Crippen LogP contribution in [0.15, 0.2) is 95.9 Å². The summed E-state index contributed by atoms with van der Waals surface area (Å²) in [6, 6.07) is 27.3. The number of sulfonamides is 1. The molecule has 2 saturated heterocycles. The number of nitrogens with one attached hydrogen (secondary N) is 3. The third kappa shape index (κ3) is 6.06. The number of hydrogen-bond donors (Lipinski definition) is 3. The molecule has 0 aliphatic carbocycles. The van der Waals surface area contributed by atoms with Gasteiger partial charge in [-0.25, -0.2) is 13.1 Å². The molecule has 2 atom stereocenters. The van der Waals surface area contributed by atoms with E-state index in [0.29, 0.717) is 48.0 Å². The summed E-state index contributed by atoms with van der Waals surface area (Å²) in [5, 5.41) is 7.52. The lowest BCUT2D eigenvalue weighted by Crippen LogP contribution is -2.51. The number of amides is 2. The molecule has 2 heterocycles. The number of rotatable bonds is 7. The summed E-state index contributed by atoms with van der Waals surface area (Å²) in [5.41, 5.74) is 3.13. The highest BCUT2D eigenvalue weighted by molar-refractivity contribution is 7.89. The van der Waals surface area contributed by atoms with E-state index >= 15 is 0 Å². The van der Waals surface area contributed by atoms with Crippen molar-refractivity contribution in [2.45, 2.75) is 49.1 Å². The topological polar surface area (TPSA) is 108 Å². The third-order valence-corrected chi connectivity index (χ3v) is 10.2. The Morgan fingerprint density at radius 1 is 0.814 bits per heavy atom. The van der Waals surface area contributed by atoms with Crippen LogP contribution in [0.2, 0.25) is 0 Å². The van der Waals surface area contributed by atoms with Gasteiger partial charge in [-0.15, -0.1) is 0 Å². The van der Waals surface area contributed by atoms with Gasteiger partial charge in [-0.2, -0.15) is 0 Å². The van der Waals surface area contributed by atoms with Gasteiger partial charge < -0.3 is 15.5 Å². The summed E-state index contributed by atoms with van der Waals surface area (Å²) in [6.07, 6.45) is 1.99. The van der Waals surface area contributed by atoms with Crippen LogP contribution in [0.4, 0.5) is 5.69 Å². The summed E-state index contributed by atoms with van der Waals surface area (Å²) < 4.78 is 30.2. The van der Waals surface area contributed by atoms with E-state index in [1.807, 2.05) is 54.3 Å². The smallest absolute Gasteiger partial charge is 0.255 e. The molecule has 6 rings (SSSR count). The maximum atomic E-state index is 13.6. The number of nitrogens with zero attached hydrogens (tertiary/aromatic N) is 1. The second kappa shape index (κ2) is 12.3. The van der Waals surface area contributed by atoms with Gasteiger partial charge >= 0.3 is 0 Å². The average molecular weight is 597 g/mol. The fraction of sp³-hybridized carbons (Fsp3) is 0.294. The molecule has 9 heteroatoms. The molecule has 2 aliphatic heterocycles. The highest BCUT2D eigenvalue weighted by atomic mass is 32.2. The molecule has 2 amide bonds. The molecule has 2 aliphatic rings. The first kappa shape index (κ1) is 29.0. The Labute approximate surface area is 252 Å². The van der Waals surface area contributed by atoms with Gasteiger partial charge in [0.15, 0.2) is 0 Å². The molecule has 222 valence electrons. The van der Waals surface area contributed by atoms with Crippen molar-refractivity contribution >= 4 is 38.3 Å². The average Bonchev–Trinajstić information content (AvgIpc) is 3.52. The van der Waals surface area contributed by atoms with E-state index in [0.717, 1.165) is 18.5 Å². The Morgan fingerprint density at radius 3 is 2.28 bits per heavy atom. The van der Waals surface area contributed by atoms with E-state index in [-0.39, 0.29) is 34.7 Å². The molecule has 0 spiro atoms. The van der Waals surface area contributed by atoms with Crippen molar-refractivity contribution in [1.82, 2.24) is 14.9 Å². The van der Waals surface area contributed by atoms with Crippen molar-refractivity contribution in [3.8, 4) is 0 Å². The molecule has 0 unspecified atom stereocenters. The highest BCUT2D eigenvalue weighted by Crippen LogP contribution is 2.31.